The standard InChI is InChI=1S/C31H36N2O2S/c1-24-11-10-16-27(19-24)22-36-23-30(34)33(21-26-14-6-3-7-15-26)29(20-25-12-4-2-5-13-25)31(35)32-28-17-8-9-18-28/h2-7,10-16,19,28-29H,8-9,17-18,20-23H2,1H3,(H,32,35). The lowest BCUT2D eigenvalue weighted by Gasteiger charge is -2.32. The summed E-state index contributed by atoms with van der Waals surface area (Å²) >= 11 is 1.61. The maximum atomic E-state index is 13.7. The Bertz CT molecular complexity index is 1110. The molecule has 188 valence electrons. The molecule has 4 nitrogen and oxygen atoms in total. The molecule has 3 aromatic rings. The van der Waals surface area contributed by atoms with Crippen molar-refractivity contribution in [1.29, 1.82) is 0 Å². The highest BCUT2D eigenvalue weighted by Gasteiger charge is 2.32. The van der Waals surface area contributed by atoms with E-state index in [1.54, 1.807) is 16.7 Å². The smallest absolute Gasteiger partial charge is 0.243 e. The van der Waals surface area contributed by atoms with Crippen LogP contribution in [0.4, 0.5) is 0 Å². The zero-order valence-corrected chi connectivity index (χ0v) is 21.9. The van der Waals surface area contributed by atoms with Gasteiger partial charge in [-0.1, -0.05) is 103 Å². The summed E-state index contributed by atoms with van der Waals surface area (Å²) in [6.07, 6.45) is 4.83. The van der Waals surface area contributed by atoms with Crippen LogP contribution in [-0.4, -0.2) is 34.6 Å². The van der Waals surface area contributed by atoms with E-state index in [0.29, 0.717) is 18.7 Å². The number of aryl methyl sites for hydroxylation is 1. The predicted molar refractivity (Wildman–Crippen MR) is 149 cm³/mol. The van der Waals surface area contributed by atoms with Crippen LogP contribution in [0.5, 0.6) is 0 Å². The van der Waals surface area contributed by atoms with Gasteiger partial charge in [-0.3, -0.25) is 9.59 Å². The van der Waals surface area contributed by atoms with Crippen molar-refractivity contribution in [2.45, 2.75) is 63.4 Å². The second-order valence-corrected chi connectivity index (χ2v) is 10.7. The van der Waals surface area contributed by atoms with Gasteiger partial charge in [-0.25, -0.2) is 0 Å². The Balaban J connectivity index is 1.54. The van der Waals surface area contributed by atoms with E-state index in [1.807, 2.05) is 60.7 Å². The van der Waals surface area contributed by atoms with E-state index in [4.69, 9.17) is 0 Å². The minimum atomic E-state index is -0.555. The Morgan fingerprint density at radius 3 is 2.19 bits per heavy atom. The SMILES string of the molecule is Cc1cccc(CSCC(=O)N(Cc2ccccc2)C(Cc2ccccc2)C(=O)NC2CCCC2)c1. The van der Waals surface area contributed by atoms with Gasteiger partial charge in [0.25, 0.3) is 0 Å². The monoisotopic (exact) mass is 500 g/mol. The van der Waals surface area contributed by atoms with Crippen molar-refractivity contribution in [2.75, 3.05) is 5.75 Å². The van der Waals surface area contributed by atoms with Crippen LogP contribution in [-0.2, 0) is 28.3 Å². The summed E-state index contributed by atoms with van der Waals surface area (Å²) in [5.74, 6) is 1.06. The number of benzene rings is 3. The quantitative estimate of drug-likeness (QED) is 0.355. The van der Waals surface area contributed by atoms with Crippen LogP contribution >= 0.6 is 11.8 Å². The molecule has 0 aliphatic heterocycles. The minimum Gasteiger partial charge on any atom is -0.352 e. The Kier molecular flexibility index (Phi) is 9.62. The van der Waals surface area contributed by atoms with Gasteiger partial charge < -0.3 is 10.2 Å². The van der Waals surface area contributed by atoms with Gasteiger partial charge in [-0.05, 0) is 36.5 Å². The average molecular weight is 501 g/mol. The first kappa shape index (κ1) is 26.0. The third-order valence-corrected chi connectivity index (χ3v) is 7.73. The Labute approximate surface area is 219 Å². The number of amides is 2. The van der Waals surface area contributed by atoms with Gasteiger partial charge in [0.1, 0.15) is 6.04 Å². The summed E-state index contributed by atoms with van der Waals surface area (Å²) in [5, 5.41) is 3.27. The van der Waals surface area contributed by atoms with Crippen molar-refractivity contribution in [3.05, 3.63) is 107 Å². The maximum absolute atomic E-state index is 13.7. The number of hydrogen-bond acceptors (Lipinski definition) is 3. The summed E-state index contributed by atoms with van der Waals surface area (Å²) in [6, 6.07) is 28.1. The topological polar surface area (TPSA) is 49.4 Å². The number of nitrogens with zero attached hydrogens (tertiary/aromatic N) is 1. The van der Waals surface area contributed by atoms with E-state index in [2.05, 4.69) is 36.5 Å². The molecule has 2 amide bonds. The highest BCUT2D eigenvalue weighted by atomic mass is 32.2. The second kappa shape index (κ2) is 13.3. The van der Waals surface area contributed by atoms with E-state index in [-0.39, 0.29) is 17.9 Å². The molecule has 5 heteroatoms. The molecule has 36 heavy (non-hydrogen) atoms. The molecule has 1 saturated carbocycles. The lowest BCUT2D eigenvalue weighted by Crippen LogP contribution is -2.52. The molecule has 0 heterocycles. The summed E-state index contributed by atoms with van der Waals surface area (Å²) in [4.78, 5) is 29.2. The highest BCUT2D eigenvalue weighted by molar-refractivity contribution is 7.99. The molecule has 0 aromatic heterocycles. The van der Waals surface area contributed by atoms with Gasteiger partial charge in [0, 0.05) is 24.8 Å². The predicted octanol–water partition coefficient (Wildman–Crippen LogP) is 5.93. The lowest BCUT2D eigenvalue weighted by atomic mass is 10.0. The van der Waals surface area contributed by atoms with E-state index in [9.17, 15) is 9.59 Å². The first-order valence-electron chi connectivity index (χ1n) is 12.9. The normalized spacial score (nSPS) is 14.4. The lowest BCUT2D eigenvalue weighted by molar-refractivity contribution is -0.139. The molecule has 1 atom stereocenters. The number of hydrogen-bond donors (Lipinski definition) is 1. The van der Waals surface area contributed by atoms with Crippen LogP contribution in [0.15, 0.2) is 84.9 Å². The Hall–Kier alpha value is -3.05. The van der Waals surface area contributed by atoms with Crippen molar-refractivity contribution >= 4 is 23.6 Å². The van der Waals surface area contributed by atoms with Crippen LogP contribution in [0.3, 0.4) is 0 Å². The summed E-state index contributed by atoms with van der Waals surface area (Å²) < 4.78 is 0. The van der Waals surface area contributed by atoms with Crippen LogP contribution in [0.1, 0.15) is 47.9 Å². The zero-order valence-electron chi connectivity index (χ0n) is 21.1. The van der Waals surface area contributed by atoms with Crippen LogP contribution in [0.2, 0.25) is 0 Å². The average Bonchev–Trinajstić information content (AvgIpc) is 3.40. The largest absolute Gasteiger partial charge is 0.352 e. The molecule has 1 aliphatic rings. The minimum absolute atomic E-state index is 0.000917. The molecule has 0 radical (unpaired) electrons. The summed E-state index contributed by atoms with van der Waals surface area (Å²) in [5.41, 5.74) is 4.52. The first-order chi connectivity index (χ1) is 17.6. The van der Waals surface area contributed by atoms with Gasteiger partial charge in [-0.15, -0.1) is 11.8 Å². The maximum Gasteiger partial charge on any atom is 0.243 e. The molecule has 1 N–H and O–H groups in total. The Morgan fingerprint density at radius 2 is 1.53 bits per heavy atom. The third-order valence-electron chi connectivity index (χ3n) is 6.75. The molecular formula is C31H36N2O2S. The number of carbonyl (C=O) groups excluding carboxylic acids is 2. The molecular weight excluding hydrogens is 464 g/mol. The third kappa shape index (κ3) is 7.72. The fourth-order valence-corrected chi connectivity index (χ4v) is 5.70. The summed E-state index contributed by atoms with van der Waals surface area (Å²) in [7, 11) is 0. The van der Waals surface area contributed by atoms with Gasteiger partial charge in [0.05, 0.1) is 5.75 Å². The van der Waals surface area contributed by atoms with E-state index in [0.717, 1.165) is 42.6 Å². The molecule has 0 bridgehead atoms. The van der Waals surface area contributed by atoms with Crippen molar-refractivity contribution in [3.8, 4) is 0 Å². The number of carbonyl (C=O) groups is 2. The van der Waals surface area contributed by atoms with Gasteiger partial charge in [0.2, 0.25) is 11.8 Å². The first-order valence-corrected chi connectivity index (χ1v) is 14.0. The zero-order chi connectivity index (χ0) is 25.2. The van der Waals surface area contributed by atoms with Crippen LogP contribution in [0, 0.1) is 6.92 Å². The van der Waals surface area contributed by atoms with Gasteiger partial charge in [-0.2, -0.15) is 0 Å². The van der Waals surface area contributed by atoms with Crippen LogP contribution in [0.25, 0.3) is 0 Å². The fraction of sp³-hybridized carbons (Fsp3) is 0.355. The molecule has 0 saturated heterocycles. The van der Waals surface area contributed by atoms with Crippen molar-refractivity contribution in [3.63, 3.8) is 0 Å². The van der Waals surface area contributed by atoms with Gasteiger partial charge in [0.15, 0.2) is 0 Å². The second-order valence-electron chi connectivity index (χ2n) is 9.68. The van der Waals surface area contributed by atoms with Crippen molar-refractivity contribution in [2.24, 2.45) is 0 Å². The molecule has 4 rings (SSSR count). The summed E-state index contributed by atoms with van der Waals surface area (Å²) in [6.45, 7) is 2.50. The van der Waals surface area contributed by atoms with E-state index in [1.165, 1.54) is 11.1 Å². The van der Waals surface area contributed by atoms with Crippen molar-refractivity contribution < 1.29 is 9.59 Å². The number of nitrogens with one attached hydrogen (secondary N) is 1. The van der Waals surface area contributed by atoms with E-state index >= 15 is 0 Å². The van der Waals surface area contributed by atoms with E-state index < -0.39 is 6.04 Å². The fourth-order valence-electron chi connectivity index (χ4n) is 4.84. The van der Waals surface area contributed by atoms with Crippen molar-refractivity contribution in [1.82, 2.24) is 10.2 Å². The Morgan fingerprint density at radius 1 is 0.889 bits per heavy atom. The molecule has 1 fully saturated rings. The highest BCUT2D eigenvalue weighted by Crippen LogP contribution is 2.21. The molecule has 1 aliphatic carbocycles. The number of rotatable bonds is 11. The molecule has 3 aromatic carbocycles. The van der Waals surface area contributed by atoms with Crippen LogP contribution < -0.4 is 5.32 Å². The molecule has 0 spiro atoms. The number of thioether (sulfide) groups is 1. The molecule has 1 unspecified atom stereocenters. The van der Waals surface area contributed by atoms with Gasteiger partial charge >= 0.3 is 0 Å².